The van der Waals surface area contributed by atoms with Crippen LogP contribution in [0, 0.1) is 0 Å². The molecule has 0 aliphatic carbocycles. The number of benzene rings is 1. The van der Waals surface area contributed by atoms with Gasteiger partial charge in [0, 0.05) is 37.2 Å². The fourth-order valence-corrected chi connectivity index (χ4v) is 3.12. The molecule has 1 aromatic carbocycles. The minimum Gasteiger partial charge on any atom is -0.314 e. The highest BCUT2D eigenvalue weighted by molar-refractivity contribution is 6.31. The molecule has 5 heteroatoms. The molecule has 2 nitrogen and oxygen atoms in total. The van der Waals surface area contributed by atoms with E-state index >= 15 is 0 Å². The van der Waals surface area contributed by atoms with Crippen molar-refractivity contribution in [3.8, 4) is 0 Å². The van der Waals surface area contributed by atoms with Crippen LogP contribution in [-0.4, -0.2) is 31.1 Å². The second-order valence-corrected chi connectivity index (χ2v) is 5.73. The Kier molecular flexibility index (Phi) is 11.6. The number of nitrogens with zero attached hydrogens (tertiary/aromatic N) is 1. The van der Waals surface area contributed by atoms with Gasteiger partial charge in [-0.25, -0.2) is 0 Å². The Balaban J connectivity index is 0.00000200. The van der Waals surface area contributed by atoms with Crippen molar-refractivity contribution in [1.82, 2.24) is 10.2 Å². The Morgan fingerprint density at radius 1 is 1.14 bits per heavy atom. The van der Waals surface area contributed by atoms with E-state index in [4.69, 9.17) is 11.6 Å². The van der Waals surface area contributed by atoms with E-state index in [1.54, 1.807) is 0 Å². The van der Waals surface area contributed by atoms with E-state index in [-0.39, 0.29) is 24.8 Å². The van der Waals surface area contributed by atoms with Crippen LogP contribution in [0.3, 0.4) is 0 Å². The van der Waals surface area contributed by atoms with Crippen molar-refractivity contribution in [1.29, 1.82) is 0 Å². The van der Waals surface area contributed by atoms with Crippen LogP contribution in [-0.2, 0) is 0 Å². The van der Waals surface area contributed by atoms with E-state index in [0.29, 0.717) is 6.04 Å². The summed E-state index contributed by atoms with van der Waals surface area (Å²) in [6.45, 7) is 6.70. The number of piperazine rings is 1. The smallest absolute Gasteiger partial charge is 0.0453 e. The van der Waals surface area contributed by atoms with E-state index < -0.39 is 0 Å². The molecule has 1 saturated heterocycles. The van der Waals surface area contributed by atoms with E-state index in [9.17, 15) is 0 Å². The van der Waals surface area contributed by atoms with E-state index in [0.717, 1.165) is 31.2 Å². The lowest BCUT2D eigenvalue weighted by Crippen LogP contribution is -2.45. The molecule has 0 unspecified atom stereocenters. The lowest BCUT2D eigenvalue weighted by atomic mass is 9.98. The maximum absolute atomic E-state index is 6.41. The normalized spacial score (nSPS) is 16.7. The van der Waals surface area contributed by atoms with Gasteiger partial charge in [-0.3, -0.25) is 4.90 Å². The average Bonchev–Trinajstić information content (AvgIpc) is 2.46. The van der Waals surface area contributed by atoms with Gasteiger partial charge in [0.15, 0.2) is 0 Å². The number of nitrogens with one attached hydrogen (secondary N) is 1. The summed E-state index contributed by atoms with van der Waals surface area (Å²) in [5.74, 6) is 0. The molecule has 1 heterocycles. The number of hydrogen-bond acceptors (Lipinski definition) is 2. The largest absolute Gasteiger partial charge is 0.314 e. The van der Waals surface area contributed by atoms with Gasteiger partial charge in [0.2, 0.25) is 0 Å². The molecule has 1 aromatic rings. The van der Waals surface area contributed by atoms with Crippen molar-refractivity contribution in [3.63, 3.8) is 0 Å². The fraction of sp³-hybridized carbons (Fsp3) is 0.625. The second kappa shape index (κ2) is 11.6. The van der Waals surface area contributed by atoms with Gasteiger partial charge < -0.3 is 5.32 Å². The van der Waals surface area contributed by atoms with Crippen LogP contribution < -0.4 is 5.32 Å². The monoisotopic (exact) mass is 352 g/mol. The summed E-state index contributed by atoms with van der Waals surface area (Å²) in [7, 11) is 0. The van der Waals surface area contributed by atoms with Crippen molar-refractivity contribution in [2.75, 3.05) is 26.2 Å². The van der Waals surface area contributed by atoms with Gasteiger partial charge in [-0.05, 0) is 18.1 Å². The summed E-state index contributed by atoms with van der Waals surface area (Å²) in [6.07, 6.45) is 5.09. The molecule has 1 N–H and O–H groups in total. The highest BCUT2D eigenvalue weighted by atomic mass is 35.5. The standard InChI is InChI=1S/C16H25ClN2.2ClH/c1-2-3-4-9-16(19-12-10-18-11-13-19)14-7-5-6-8-15(14)17;;/h5-8,16,18H,2-4,9-13H2,1H3;2*1H/t16-;;/m0../s1. The van der Waals surface area contributed by atoms with Crippen molar-refractivity contribution in [3.05, 3.63) is 34.9 Å². The minimum absolute atomic E-state index is 0. The summed E-state index contributed by atoms with van der Waals surface area (Å²) in [4.78, 5) is 2.59. The molecule has 0 saturated carbocycles. The second-order valence-electron chi connectivity index (χ2n) is 5.32. The fourth-order valence-electron chi connectivity index (χ4n) is 2.86. The van der Waals surface area contributed by atoms with Crippen LogP contribution in [0.25, 0.3) is 0 Å². The van der Waals surface area contributed by atoms with Crippen LogP contribution in [0.4, 0.5) is 0 Å². The lowest BCUT2D eigenvalue weighted by molar-refractivity contribution is 0.163. The molecular formula is C16H27Cl3N2. The molecule has 21 heavy (non-hydrogen) atoms. The van der Waals surface area contributed by atoms with E-state index in [2.05, 4.69) is 29.3 Å². The molecule has 122 valence electrons. The van der Waals surface area contributed by atoms with Crippen molar-refractivity contribution < 1.29 is 0 Å². The highest BCUT2D eigenvalue weighted by Gasteiger charge is 2.23. The first-order valence-corrected chi connectivity index (χ1v) is 7.90. The van der Waals surface area contributed by atoms with Gasteiger partial charge in [0.1, 0.15) is 0 Å². The summed E-state index contributed by atoms with van der Waals surface area (Å²) >= 11 is 6.41. The summed E-state index contributed by atoms with van der Waals surface area (Å²) < 4.78 is 0. The van der Waals surface area contributed by atoms with Crippen LogP contribution in [0.5, 0.6) is 0 Å². The maximum Gasteiger partial charge on any atom is 0.0453 e. The molecule has 0 amide bonds. The molecule has 1 fully saturated rings. The number of unbranched alkanes of at least 4 members (excludes halogenated alkanes) is 2. The van der Waals surface area contributed by atoms with Crippen LogP contribution >= 0.6 is 36.4 Å². The number of halogens is 3. The van der Waals surface area contributed by atoms with Gasteiger partial charge in [-0.1, -0.05) is 56.0 Å². The molecule has 0 spiro atoms. The van der Waals surface area contributed by atoms with Gasteiger partial charge in [0.05, 0.1) is 0 Å². The summed E-state index contributed by atoms with van der Waals surface area (Å²) in [5.41, 5.74) is 1.31. The van der Waals surface area contributed by atoms with Gasteiger partial charge in [-0.2, -0.15) is 0 Å². The van der Waals surface area contributed by atoms with Crippen LogP contribution in [0.15, 0.2) is 24.3 Å². The lowest BCUT2D eigenvalue weighted by Gasteiger charge is -2.35. The SMILES string of the molecule is CCCCC[C@@H](c1ccccc1Cl)N1CCNCC1.Cl.Cl. The van der Waals surface area contributed by atoms with Crippen LogP contribution in [0.2, 0.25) is 5.02 Å². The first kappa shape index (κ1) is 21.0. The molecule has 1 aliphatic rings. The third kappa shape index (κ3) is 6.33. The Morgan fingerprint density at radius 3 is 2.43 bits per heavy atom. The van der Waals surface area contributed by atoms with Gasteiger partial charge in [0.25, 0.3) is 0 Å². The van der Waals surface area contributed by atoms with E-state index in [1.165, 1.54) is 31.2 Å². The third-order valence-corrected chi connectivity index (χ3v) is 4.28. The van der Waals surface area contributed by atoms with Crippen molar-refractivity contribution in [2.24, 2.45) is 0 Å². The first-order chi connectivity index (χ1) is 9.33. The first-order valence-electron chi connectivity index (χ1n) is 7.52. The Hall–Kier alpha value is 0.01000. The maximum atomic E-state index is 6.41. The highest BCUT2D eigenvalue weighted by Crippen LogP contribution is 2.31. The molecule has 0 bridgehead atoms. The Labute approximate surface area is 146 Å². The van der Waals surface area contributed by atoms with E-state index in [1.807, 2.05) is 12.1 Å². The molecule has 0 radical (unpaired) electrons. The molecular weight excluding hydrogens is 327 g/mol. The Morgan fingerprint density at radius 2 is 1.81 bits per heavy atom. The zero-order valence-electron chi connectivity index (χ0n) is 12.7. The van der Waals surface area contributed by atoms with Crippen molar-refractivity contribution in [2.45, 2.75) is 38.6 Å². The average molecular weight is 354 g/mol. The topological polar surface area (TPSA) is 15.3 Å². The zero-order valence-corrected chi connectivity index (χ0v) is 15.1. The molecule has 1 atom stereocenters. The summed E-state index contributed by atoms with van der Waals surface area (Å²) in [5, 5.41) is 4.35. The Bertz CT molecular complexity index is 382. The third-order valence-electron chi connectivity index (χ3n) is 3.94. The number of rotatable bonds is 6. The quantitative estimate of drug-likeness (QED) is 0.745. The summed E-state index contributed by atoms with van der Waals surface area (Å²) in [6, 6.07) is 8.83. The van der Waals surface area contributed by atoms with Gasteiger partial charge >= 0.3 is 0 Å². The zero-order chi connectivity index (χ0) is 13.5. The van der Waals surface area contributed by atoms with Crippen molar-refractivity contribution >= 4 is 36.4 Å². The number of hydrogen-bond donors (Lipinski definition) is 1. The predicted molar refractivity (Wildman–Crippen MR) is 97.3 cm³/mol. The van der Waals surface area contributed by atoms with Crippen LogP contribution in [0.1, 0.15) is 44.2 Å². The molecule has 0 aromatic heterocycles. The molecule has 1 aliphatic heterocycles. The van der Waals surface area contributed by atoms with Gasteiger partial charge in [-0.15, -0.1) is 24.8 Å². The molecule has 2 rings (SSSR count). The predicted octanol–water partition coefficient (Wildman–Crippen LogP) is 4.71. The minimum atomic E-state index is 0.